The van der Waals surface area contributed by atoms with Gasteiger partial charge < -0.3 is 10.1 Å². The molecule has 0 atom stereocenters. The number of aromatic nitrogens is 3. The van der Waals surface area contributed by atoms with Crippen LogP contribution in [0.3, 0.4) is 0 Å². The quantitative estimate of drug-likeness (QED) is 0.479. The lowest BCUT2D eigenvalue weighted by Gasteiger charge is -2.09. The fourth-order valence-electron chi connectivity index (χ4n) is 3.17. The lowest BCUT2D eigenvalue weighted by molar-refractivity contribution is -0.115. The fourth-order valence-corrected chi connectivity index (χ4v) is 3.17. The second-order valence-electron chi connectivity index (χ2n) is 7.43. The first kappa shape index (κ1) is 20.3. The van der Waals surface area contributed by atoms with Crippen molar-refractivity contribution in [2.24, 2.45) is 0 Å². The van der Waals surface area contributed by atoms with Gasteiger partial charge in [-0.25, -0.2) is 14.3 Å². The molecule has 0 radical (unpaired) electrons. The van der Waals surface area contributed by atoms with Crippen LogP contribution < -0.4 is 5.32 Å². The van der Waals surface area contributed by atoms with Gasteiger partial charge in [-0.15, -0.1) is 0 Å². The molecule has 0 aliphatic rings. The largest absolute Gasteiger partial charge is 0.459 e. The monoisotopic (exact) mass is 414 g/mol. The summed E-state index contributed by atoms with van der Waals surface area (Å²) in [6.07, 6.45) is 3.46. The number of hydrogen-bond donors (Lipinski definition) is 1. The van der Waals surface area contributed by atoms with E-state index >= 15 is 0 Å². The molecule has 2 heterocycles. The van der Waals surface area contributed by atoms with Crippen LogP contribution >= 0.6 is 0 Å². The second-order valence-corrected chi connectivity index (χ2v) is 7.43. The summed E-state index contributed by atoms with van der Waals surface area (Å²) in [6, 6.07) is 18.5. The molecule has 1 amide bonds. The van der Waals surface area contributed by atoms with E-state index in [1.807, 2.05) is 42.6 Å². The number of nitrogens with one attached hydrogen (secondary N) is 1. The third kappa shape index (κ3) is 4.95. The second kappa shape index (κ2) is 8.79. The molecule has 0 spiro atoms. The number of amides is 1. The zero-order valence-corrected chi connectivity index (χ0v) is 17.3. The number of pyridine rings is 1. The molecule has 0 bridgehead atoms. The van der Waals surface area contributed by atoms with E-state index in [9.17, 15) is 9.59 Å². The maximum atomic E-state index is 12.4. The van der Waals surface area contributed by atoms with E-state index in [1.54, 1.807) is 42.6 Å². The van der Waals surface area contributed by atoms with Crippen LogP contribution in [-0.2, 0) is 16.0 Å². The molecule has 0 aliphatic heterocycles. The Morgan fingerprint density at radius 2 is 1.74 bits per heavy atom. The van der Waals surface area contributed by atoms with Gasteiger partial charge in [0.1, 0.15) is 6.33 Å². The number of hydrogen-bond acceptors (Lipinski definition) is 5. The van der Waals surface area contributed by atoms with Crippen LogP contribution in [0.25, 0.3) is 16.8 Å². The van der Waals surface area contributed by atoms with Gasteiger partial charge in [-0.1, -0.05) is 24.3 Å². The zero-order chi connectivity index (χ0) is 21.8. The molecule has 4 rings (SSSR count). The number of ether oxygens (including phenoxy) is 1. The minimum absolute atomic E-state index is 0.130. The Hall–Kier alpha value is -4.00. The first-order valence-corrected chi connectivity index (χ1v) is 9.97. The number of nitrogens with zero attached hydrogens (tertiary/aromatic N) is 3. The molecule has 1 N–H and O–H groups in total. The molecule has 0 saturated carbocycles. The maximum absolute atomic E-state index is 12.4. The molecule has 2 aromatic heterocycles. The van der Waals surface area contributed by atoms with E-state index in [2.05, 4.69) is 15.4 Å². The van der Waals surface area contributed by atoms with Gasteiger partial charge in [0.05, 0.1) is 18.1 Å². The zero-order valence-electron chi connectivity index (χ0n) is 17.3. The van der Waals surface area contributed by atoms with E-state index in [4.69, 9.17) is 4.74 Å². The molecule has 0 unspecified atom stereocenters. The molecule has 0 saturated heterocycles. The molecular formula is C24H22N4O3. The normalized spacial score (nSPS) is 10.9. The van der Waals surface area contributed by atoms with Crippen molar-refractivity contribution in [1.82, 2.24) is 14.6 Å². The van der Waals surface area contributed by atoms with Gasteiger partial charge in [0, 0.05) is 11.9 Å². The van der Waals surface area contributed by atoms with Gasteiger partial charge in [0.15, 0.2) is 5.65 Å². The Bertz CT molecular complexity index is 1210. The summed E-state index contributed by atoms with van der Waals surface area (Å²) < 4.78 is 6.87. The first-order valence-electron chi connectivity index (χ1n) is 9.97. The summed E-state index contributed by atoms with van der Waals surface area (Å²) in [5.41, 5.74) is 4.84. The molecule has 7 heteroatoms. The first-order chi connectivity index (χ1) is 15.0. The number of carbonyl (C=O) groups is 2. The van der Waals surface area contributed by atoms with E-state index < -0.39 is 0 Å². The number of anilines is 1. The van der Waals surface area contributed by atoms with Gasteiger partial charge in [-0.05, 0) is 66.9 Å². The minimum Gasteiger partial charge on any atom is -0.459 e. The third-order valence-electron chi connectivity index (χ3n) is 4.68. The highest BCUT2D eigenvalue weighted by Gasteiger charge is 2.10. The summed E-state index contributed by atoms with van der Waals surface area (Å²) in [7, 11) is 0. The Balaban J connectivity index is 1.37. The minimum atomic E-state index is -0.379. The Labute approximate surface area is 179 Å². The number of esters is 1. The highest BCUT2D eigenvalue weighted by Crippen LogP contribution is 2.21. The summed E-state index contributed by atoms with van der Waals surface area (Å²) in [5, 5.41) is 6.95. The van der Waals surface area contributed by atoms with Crippen molar-refractivity contribution in [3.8, 4) is 11.1 Å². The molecule has 156 valence electrons. The molecular weight excluding hydrogens is 392 g/mol. The van der Waals surface area contributed by atoms with Crippen molar-refractivity contribution in [3.05, 3.63) is 84.3 Å². The van der Waals surface area contributed by atoms with Crippen molar-refractivity contribution >= 4 is 23.2 Å². The van der Waals surface area contributed by atoms with Crippen LogP contribution in [0.4, 0.5) is 5.69 Å². The van der Waals surface area contributed by atoms with Crippen molar-refractivity contribution in [2.75, 3.05) is 5.32 Å². The fraction of sp³-hybridized carbons (Fsp3) is 0.167. The van der Waals surface area contributed by atoms with E-state index in [-0.39, 0.29) is 24.4 Å². The van der Waals surface area contributed by atoms with Crippen molar-refractivity contribution in [1.29, 1.82) is 0 Å². The Morgan fingerprint density at radius 3 is 2.45 bits per heavy atom. The predicted molar refractivity (Wildman–Crippen MR) is 118 cm³/mol. The van der Waals surface area contributed by atoms with E-state index in [0.29, 0.717) is 11.3 Å². The van der Waals surface area contributed by atoms with Gasteiger partial charge in [0.25, 0.3) is 0 Å². The molecule has 0 aliphatic carbocycles. The van der Waals surface area contributed by atoms with Gasteiger partial charge >= 0.3 is 5.97 Å². The number of carbonyl (C=O) groups excluding carboxylic acids is 2. The number of fused-ring (bicyclic) bond motifs is 1. The SMILES string of the molecule is CC(C)OC(=O)c1ccc(NC(=O)Cc2ccc(-c3ccn4ncnc4c3)cc2)cc1. The van der Waals surface area contributed by atoms with Crippen molar-refractivity contribution in [3.63, 3.8) is 0 Å². The van der Waals surface area contributed by atoms with Crippen LogP contribution in [-0.4, -0.2) is 32.6 Å². The van der Waals surface area contributed by atoms with Crippen molar-refractivity contribution < 1.29 is 14.3 Å². The molecule has 4 aromatic rings. The summed E-state index contributed by atoms with van der Waals surface area (Å²) in [4.78, 5) is 28.5. The van der Waals surface area contributed by atoms with Gasteiger partial charge in [-0.2, -0.15) is 5.10 Å². The highest BCUT2D eigenvalue weighted by atomic mass is 16.5. The number of rotatable bonds is 6. The molecule has 7 nitrogen and oxygen atoms in total. The molecule has 0 fully saturated rings. The Morgan fingerprint density at radius 1 is 1.00 bits per heavy atom. The van der Waals surface area contributed by atoms with Crippen LogP contribution in [0.15, 0.2) is 73.2 Å². The van der Waals surface area contributed by atoms with Gasteiger partial charge in [0.2, 0.25) is 5.91 Å². The maximum Gasteiger partial charge on any atom is 0.338 e. The molecule has 2 aromatic carbocycles. The van der Waals surface area contributed by atoms with Crippen molar-refractivity contribution in [2.45, 2.75) is 26.4 Å². The lowest BCUT2D eigenvalue weighted by Crippen LogP contribution is -2.15. The summed E-state index contributed by atoms with van der Waals surface area (Å²) >= 11 is 0. The van der Waals surface area contributed by atoms with Crippen LogP contribution in [0, 0.1) is 0 Å². The number of benzene rings is 2. The van der Waals surface area contributed by atoms with Crippen LogP contribution in [0.5, 0.6) is 0 Å². The van der Waals surface area contributed by atoms with Crippen LogP contribution in [0.2, 0.25) is 0 Å². The average molecular weight is 414 g/mol. The summed E-state index contributed by atoms with van der Waals surface area (Å²) in [6.45, 7) is 3.60. The average Bonchev–Trinajstić information content (AvgIpc) is 3.22. The summed E-state index contributed by atoms with van der Waals surface area (Å²) in [5.74, 6) is -0.508. The van der Waals surface area contributed by atoms with E-state index in [1.165, 1.54) is 6.33 Å². The molecule has 31 heavy (non-hydrogen) atoms. The lowest BCUT2D eigenvalue weighted by atomic mass is 10.0. The predicted octanol–water partition coefficient (Wildman–Crippen LogP) is 4.14. The van der Waals surface area contributed by atoms with Crippen LogP contribution in [0.1, 0.15) is 29.8 Å². The Kier molecular flexibility index (Phi) is 5.75. The standard InChI is InChI=1S/C24H22N4O3/c1-16(2)31-24(30)19-7-9-21(10-8-19)27-23(29)13-17-3-5-18(6-4-17)20-11-12-28-22(14-20)25-15-26-28/h3-12,14-16H,13H2,1-2H3,(H,27,29). The smallest absolute Gasteiger partial charge is 0.338 e. The van der Waals surface area contributed by atoms with Gasteiger partial charge in [-0.3, -0.25) is 4.79 Å². The topological polar surface area (TPSA) is 85.6 Å². The third-order valence-corrected chi connectivity index (χ3v) is 4.68. The van der Waals surface area contributed by atoms with E-state index in [0.717, 1.165) is 22.3 Å². The highest BCUT2D eigenvalue weighted by molar-refractivity contribution is 5.94.